The number of rotatable bonds is 3. The van der Waals surface area contributed by atoms with E-state index < -0.39 is 0 Å². The van der Waals surface area contributed by atoms with Crippen molar-refractivity contribution in [1.29, 1.82) is 5.26 Å². The van der Waals surface area contributed by atoms with Crippen molar-refractivity contribution in [1.82, 2.24) is 15.0 Å². The number of nitrogens with zero attached hydrogens (tertiary/aromatic N) is 4. The van der Waals surface area contributed by atoms with Crippen LogP contribution in [-0.2, 0) is 0 Å². The van der Waals surface area contributed by atoms with Gasteiger partial charge in [0.25, 0.3) is 0 Å². The topological polar surface area (TPSA) is 54.5 Å². The standard InChI is InChI=1S/C18H16N4/c1-13-7-6-10-16(11-13)18-17(12-19)20-21-22(18)14(2)15-8-4-3-5-9-15/h3-11,14H,1-2H3. The zero-order valence-corrected chi connectivity index (χ0v) is 12.6. The van der Waals surface area contributed by atoms with Crippen LogP contribution in [0.4, 0.5) is 0 Å². The van der Waals surface area contributed by atoms with E-state index in [1.165, 1.54) is 0 Å². The molecule has 2 aromatic carbocycles. The lowest BCUT2D eigenvalue weighted by molar-refractivity contribution is 0.548. The molecule has 0 fully saturated rings. The minimum atomic E-state index is 0.00584. The molecule has 0 radical (unpaired) electrons. The second-order valence-corrected chi connectivity index (χ2v) is 5.30. The molecular formula is C18H16N4. The first kappa shape index (κ1) is 14.0. The first-order chi connectivity index (χ1) is 10.7. The average Bonchev–Trinajstić information content (AvgIpc) is 2.99. The minimum Gasteiger partial charge on any atom is -0.236 e. The molecule has 3 rings (SSSR count). The molecule has 0 aliphatic carbocycles. The van der Waals surface area contributed by atoms with Crippen molar-refractivity contribution in [2.45, 2.75) is 19.9 Å². The van der Waals surface area contributed by atoms with Crippen LogP contribution in [0.2, 0.25) is 0 Å². The molecule has 0 bridgehead atoms. The first-order valence-electron chi connectivity index (χ1n) is 7.18. The van der Waals surface area contributed by atoms with Crippen molar-refractivity contribution in [2.24, 2.45) is 0 Å². The average molecular weight is 288 g/mol. The highest BCUT2D eigenvalue weighted by Gasteiger charge is 2.19. The molecule has 0 aliphatic rings. The van der Waals surface area contributed by atoms with Gasteiger partial charge in [-0.2, -0.15) is 5.26 Å². The van der Waals surface area contributed by atoms with Gasteiger partial charge in [-0.05, 0) is 25.5 Å². The summed E-state index contributed by atoms with van der Waals surface area (Å²) in [6.45, 7) is 4.09. The van der Waals surface area contributed by atoms with Crippen LogP contribution in [0.3, 0.4) is 0 Å². The van der Waals surface area contributed by atoms with Crippen LogP contribution in [0.1, 0.15) is 29.8 Å². The monoisotopic (exact) mass is 288 g/mol. The lowest BCUT2D eigenvalue weighted by atomic mass is 10.0. The van der Waals surface area contributed by atoms with Gasteiger partial charge in [0.05, 0.1) is 6.04 Å². The number of hydrogen-bond donors (Lipinski definition) is 0. The van der Waals surface area contributed by atoms with Gasteiger partial charge in [-0.15, -0.1) is 5.10 Å². The Kier molecular flexibility index (Phi) is 3.71. The van der Waals surface area contributed by atoms with Crippen LogP contribution < -0.4 is 0 Å². The molecule has 1 unspecified atom stereocenters. The zero-order valence-electron chi connectivity index (χ0n) is 12.6. The zero-order chi connectivity index (χ0) is 15.5. The van der Waals surface area contributed by atoms with Gasteiger partial charge in [0.2, 0.25) is 0 Å². The van der Waals surface area contributed by atoms with Crippen LogP contribution in [0, 0.1) is 18.3 Å². The lowest BCUT2D eigenvalue weighted by Crippen LogP contribution is -2.10. The highest BCUT2D eigenvalue weighted by Crippen LogP contribution is 2.28. The maximum Gasteiger partial charge on any atom is 0.190 e. The van der Waals surface area contributed by atoms with E-state index in [0.29, 0.717) is 5.69 Å². The van der Waals surface area contributed by atoms with Crippen molar-refractivity contribution in [3.8, 4) is 17.3 Å². The summed E-state index contributed by atoms with van der Waals surface area (Å²) in [6.07, 6.45) is 0. The summed E-state index contributed by atoms with van der Waals surface area (Å²) in [5.41, 5.74) is 4.35. The van der Waals surface area contributed by atoms with Crippen molar-refractivity contribution < 1.29 is 0 Å². The molecule has 1 atom stereocenters. The third-order valence-corrected chi connectivity index (χ3v) is 3.74. The van der Waals surface area contributed by atoms with Crippen LogP contribution in [0.15, 0.2) is 54.6 Å². The quantitative estimate of drug-likeness (QED) is 0.737. The molecule has 0 spiro atoms. The molecule has 3 aromatic rings. The Bertz CT molecular complexity index is 828. The second kappa shape index (κ2) is 5.82. The van der Waals surface area contributed by atoms with Gasteiger partial charge in [0.1, 0.15) is 11.8 Å². The number of benzene rings is 2. The van der Waals surface area contributed by atoms with E-state index in [2.05, 4.69) is 35.4 Å². The Morgan fingerprint density at radius 1 is 1.09 bits per heavy atom. The van der Waals surface area contributed by atoms with Gasteiger partial charge in [0, 0.05) is 5.56 Å². The molecule has 0 saturated heterocycles. The summed E-state index contributed by atoms with van der Waals surface area (Å²) in [5.74, 6) is 0. The summed E-state index contributed by atoms with van der Waals surface area (Å²) in [5, 5.41) is 17.6. The van der Waals surface area contributed by atoms with Crippen LogP contribution in [0.25, 0.3) is 11.3 Å². The van der Waals surface area contributed by atoms with Gasteiger partial charge in [-0.3, -0.25) is 0 Å². The molecule has 1 heterocycles. The van der Waals surface area contributed by atoms with E-state index in [1.54, 1.807) is 0 Å². The van der Waals surface area contributed by atoms with E-state index in [0.717, 1.165) is 22.4 Å². The summed E-state index contributed by atoms with van der Waals surface area (Å²) < 4.78 is 1.82. The van der Waals surface area contributed by atoms with Gasteiger partial charge in [-0.1, -0.05) is 59.3 Å². The van der Waals surface area contributed by atoms with Crippen LogP contribution in [-0.4, -0.2) is 15.0 Å². The highest BCUT2D eigenvalue weighted by atomic mass is 15.4. The molecular weight excluding hydrogens is 272 g/mol. The van der Waals surface area contributed by atoms with Crippen molar-refractivity contribution in [3.63, 3.8) is 0 Å². The number of aromatic nitrogens is 3. The smallest absolute Gasteiger partial charge is 0.190 e. The molecule has 4 nitrogen and oxygen atoms in total. The number of nitriles is 1. The summed E-state index contributed by atoms with van der Waals surface area (Å²) in [4.78, 5) is 0. The molecule has 4 heteroatoms. The Hall–Kier alpha value is -2.93. The van der Waals surface area contributed by atoms with Gasteiger partial charge in [-0.25, -0.2) is 4.68 Å². The highest BCUT2D eigenvalue weighted by molar-refractivity contribution is 5.65. The second-order valence-electron chi connectivity index (χ2n) is 5.30. The summed E-state index contributed by atoms with van der Waals surface area (Å²) in [7, 11) is 0. The Morgan fingerprint density at radius 2 is 1.86 bits per heavy atom. The van der Waals surface area contributed by atoms with E-state index in [4.69, 9.17) is 0 Å². The fourth-order valence-corrected chi connectivity index (χ4v) is 2.57. The number of hydrogen-bond acceptors (Lipinski definition) is 3. The molecule has 108 valence electrons. The third-order valence-electron chi connectivity index (χ3n) is 3.74. The van der Waals surface area contributed by atoms with Crippen LogP contribution in [0.5, 0.6) is 0 Å². The molecule has 0 aliphatic heterocycles. The van der Waals surface area contributed by atoms with Crippen molar-refractivity contribution in [3.05, 3.63) is 71.4 Å². The molecule has 0 N–H and O–H groups in total. The van der Waals surface area contributed by atoms with Gasteiger partial charge < -0.3 is 0 Å². The summed E-state index contributed by atoms with van der Waals surface area (Å²) in [6, 6.07) is 20.3. The third kappa shape index (κ3) is 2.49. The van der Waals surface area contributed by atoms with Crippen molar-refractivity contribution in [2.75, 3.05) is 0 Å². The number of aryl methyl sites for hydroxylation is 1. The van der Waals surface area contributed by atoms with Gasteiger partial charge >= 0.3 is 0 Å². The predicted octanol–water partition coefficient (Wildman–Crippen LogP) is 3.73. The largest absolute Gasteiger partial charge is 0.236 e. The van der Waals surface area contributed by atoms with E-state index in [1.807, 2.05) is 54.1 Å². The molecule has 1 aromatic heterocycles. The first-order valence-corrected chi connectivity index (χ1v) is 7.18. The Balaban J connectivity index is 2.14. The van der Waals surface area contributed by atoms with E-state index in [9.17, 15) is 5.26 Å². The Labute approximate surface area is 129 Å². The maximum atomic E-state index is 9.35. The predicted molar refractivity (Wildman–Crippen MR) is 85.2 cm³/mol. The van der Waals surface area contributed by atoms with Crippen LogP contribution >= 0.6 is 0 Å². The fraction of sp³-hybridized carbons (Fsp3) is 0.167. The molecule has 0 saturated carbocycles. The van der Waals surface area contributed by atoms with E-state index >= 15 is 0 Å². The lowest BCUT2D eigenvalue weighted by Gasteiger charge is -2.15. The van der Waals surface area contributed by atoms with E-state index in [-0.39, 0.29) is 6.04 Å². The van der Waals surface area contributed by atoms with Crippen molar-refractivity contribution >= 4 is 0 Å². The van der Waals surface area contributed by atoms with Gasteiger partial charge in [0.15, 0.2) is 5.69 Å². The molecule has 0 amide bonds. The minimum absolute atomic E-state index is 0.00584. The maximum absolute atomic E-state index is 9.35. The Morgan fingerprint density at radius 3 is 2.55 bits per heavy atom. The SMILES string of the molecule is Cc1cccc(-c2c(C#N)nnn2C(C)c2ccccc2)c1. The normalized spacial score (nSPS) is 11.9. The summed E-state index contributed by atoms with van der Waals surface area (Å²) >= 11 is 0. The molecule has 22 heavy (non-hydrogen) atoms. The fourth-order valence-electron chi connectivity index (χ4n) is 2.57.